The van der Waals surface area contributed by atoms with Crippen molar-refractivity contribution in [2.75, 3.05) is 5.32 Å². The van der Waals surface area contributed by atoms with Gasteiger partial charge in [0.1, 0.15) is 0 Å². The first kappa shape index (κ1) is 13.4. The van der Waals surface area contributed by atoms with Crippen LogP contribution in [0.5, 0.6) is 0 Å². The number of hydrogen-bond donors (Lipinski definition) is 1. The van der Waals surface area contributed by atoms with Gasteiger partial charge in [-0.05, 0) is 65.7 Å². The third-order valence-corrected chi connectivity index (χ3v) is 4.86. The van der Waals surface area contributed by atoms with E-state index in [1.165, 1.54) is 37.8 Å². The van der Waals surface area contributed by atoms with Gasteiger partial charge in [-0.2, -0.15) is 0 Å². The predicted molar refractivity (Wildman–Crippen MR) is 81.5 cm³/mol. The van der Waals surface area contributed by atoms with E-state index in [4.69, 9.17) is 0 Å². The highest BCUT2D eigenvalue weighted by molar-refractivity contribution is 9.11. The van der Waals surface area contributed by atoms with Gasteiger partial charge < -0.3 is 5.32 Å². The zero-order valence-corrected chi connectivity index (χ0v) is 13.4. The van der Waals surface area contributed by atoms with Crippen molar-refractivity contribution in [3.8, 4) is 0 Å². The Morgan fingerprint density at radius 1 is 1.18 bits per heavy atom. The lowest BCUT2D eigenvalue weighted by molar-refractivity contribution is 0.330. The molecule has 0 unspecified atom stereocenters. The fourth-order valence-corrected chi connectivity index (χ4v) is 3.70. The van der Waals surface area contributed by atoms with Crippen molar-refractivity contribution in [1.29, 1.82) is 0 Å². The van der Waals surface area contributed by atoms with Crippen LogP contribution in [-0.4, -0.2) is 6.04 Å². The summed E-state index contributed by atoms with van der Waals surface area (Å²) in [7, 11) is 0. The molecule has 1 fully saturated rings. The van der Waals surface area contributed by atoms with Crippen LogP contribution in [0.3, 0.4) is 0 Å². The molecule has 1 aliphatic rings. The molecule has 1 saturated carbocycles. The molecule has 1 aromatic rings. The second kappa shape index (κ2) is 6.24. The SMILES string of the molecule is CCC1CCC(Nc2ccc(Br)cc2Br)CC1. The van der Waals surface area contributed by atoms with E-state index in [9.17, 15) is 0 Å². The molecule has 0 bridgehead atoms. The lowest BCUT2D eigenvalue weighted by atomic mass is 9.84. The number of benzene rings is 1. The van der Waals surface area contributed by atoms with Gasteiger partial charge in [0.05, 0.1) is 0 Å². The normalized spacial score (nSPS) is 24.6. The summed E-state index contributed by atoms with van der Waals surface area (Å²) in [6.45, 7) is 2.31. The average Bonchev–Trinajstić information content (AvgIpc) is 2.34. The summed E-state index contributed by atoms with van der Waals surface area (Å²) in [5.41, 5.74) is 1.22. The Hall–Kier alpha value is -0.0200. The molecule has 1 nitrogen and oxygen atoms in total. The van der Waals surface area contributed by atoms with E-state index in [0.717, 1.165) is 14.9 Å². The van der Waals surface area contributed by atoms with Crippen molar-refractivity contribution >= 4 is 37.5 Å². The van der Waals surface area contributed by atoms with Crippen LogP contribution in [0.1, 0.15) is 39.0 Å². The Labute approximate surface area is 121 Å². The van der Waals surface area contributed by atoms with Gasteiger partial charge in [-0.15, -0.1) is 0 Å². The molecule has 1 aromatic carbocycles. The maximum absolute atomic E-state index is 3.65. The van der Waals surface area contributed by atoms with E-state index >= 15 is 0 Å². The van der Waals surface area contributed by atoms with Crippen LogP contribution in [-0.2, 0) is 0 Å². The van der Waals surface area contributed by atoms with Crippen molar-refractivity contribution in [3.05, 3.63) is 27.1 Å². The van der Waals surface area contributed by atoms with Crippen molar-refractivity contribution in [2.45, 2.75) is 45.1 Å². The van der Waals surface area contributed by atoms with Crippen LogP contribution in [0.15, 0.2) is 27.1 Å². The van der Waals surface area contributed by atoms with Crippen molar-refractivity contribution < 1.29 is 0 Å². The van der Waals surface area contributed by atoms with Crippen molar-refractivity contribution in [3.63, 3.8) is 0 Å². The van der Waals surface area contributed by atoms with Gasteiger partial charge in [-0.25, -0.2) is 0 Å². The Bertz CT molecular complexity index is 370. The van der Waals surface area contributed by atoms with E-state index in [1.807, 2.05) is 0 Å². The molecule has 0 spiro atoms. The lowest BCUT2D eigenvalue weighted by Crippen LogP contribution is -2.26. The minimum absolute atomic E-state index is 0.648. The van der Waals surface area contributed by atoms with E-state index < -0.39 is 0 Å². The summed E-state index contributed by atoms with van der Waals surface area (Å²) in [4.78, 5) is 0. The summed E-state index contributed by atoms with van der Waals surface area (Å²) in [5, 5.41) is 3.65. The molecule has 1 aliphatic carbocycles. The molecular formula is C14H19Br2N. The molecule has 0 amide bonds. The first-order valence-electron chi connectivity index (χ1n) is 6.40. The second-order valence-electron chi connectivity index (χ2n) is 4.89. The number of hydrogen-bond acceptors (Lipinski definition) is 1. The van der Waals surface area contributed by atoms with Gasteiger partial charge in [0, 0.05) is 20.7 Å². The smallest absolute Gasteiger partial charge is 0.0487 e. The van der Waals surface area contributed by atoms with E-state index in [-0.39, 0.29) is 0 Å². The van der Waals surface area contributed by atoms with Crippen LogP contribution in [0.4, 0.5) is 5.69 Å². The van der Waals surface area contributed by atoms with Crippen LogP contribution in [0.2, 0.25) is 0 Å². The maximum atomic E-state index is 3.65. The molecule has 3 heteroatoms. The van der Waals surface area contributed by atoms with Crippen LogP contribution < -0.4 is 5.32 Å². The van der Waals surface area contributed by atoms with Crippen molar-refractivity contribution in [2.24, 2.45) is 5.92 Å². The molecule has 0 atom stereocenters. The standard InChI is InChI=1S/C14H19Br2N/c1-2-10-3-6-12(7-4-10)17-14-8-5-11(15)9-13(14)16/h5,8-10,12,17H,2-4,6-7H2,1H3. The molecule has 0 radical (unpaired) electrons. The highest BCUT2D eigenvalue weighted by atomic mass is 79.9. The average molecular weight is 361 g/mol. The maximum Gasteiger partial charge on any atom is 0.0487 e. The molecule has 94 valence electrons. The van der Waals surface area contributed by atoms with Gasteiger partial charge in [-0.3, -0.25) is 0 Å². The molecule has 1 N–H and O–H groups in total. The molecule has 0 heterocycles. The quantitative estimate of drug-likeness (QED) is 0.740. The number of anilines is 1. The van der Waals surface area contributed by atoms with Gasteiger partial charge in [0.25, 0.3) is 0 Å². The highest BCUT2D eigenvalue weighted by Crippen LogP contribution is 2.31. The van der Waals surface area contributed by atoms with Crippen LogP contribution in [0.25, 0.3) is 0 Å². The minimum atomic E-state index is 0.648. The fraction of sp³-hybridized carbons (Fsp3) is 0.571. The molecule has 0 saturated heterocycles. The first-order valence-corrected chi connectivity index (χ1v) is 7.99. The Morgan fingerprint density at radius 2 is 1.88 bits per heavy atom. The van der Waals surface area contributed by atoms with Gasteiger partial charge in [0.15, 0.2) is 0 Å². The first-order chi connectivity index (χ1) is 8.19. The number of nitrogens with one attached hydrogen (secondary N) is 1. The van der Waals surface area contributed by atoms with E-state index in [0.29, 0.717) is 6.04 Å². The fourth-order valence-electron chi connectivity index (χ4n) is 2.54. The zero-order chi connectivity index (χ0) is 12.3. The predicted octanol–water partition coefficient (Wildman–Crippen LogP) is 5.59. The minimum Gasteiger partial charge on any atom is -0.381 e. The van der Waals surface area contributed by atoms with E-state index in [1.54, 1.807) is 0 Å². The highest BCUT2D eigenvalue weighted by Gasteiger charge is 2.20. The molecule has 2 rings (SSSR count). The molecule has 0 aromatic heterocycles. The molecule has 0 aliphatic heterocycles. The summed E-state index contributed by atoms with van der Waals surface area (Å²) >= 11 is 7.09. The van der Waals surface area contributed by atoms with Crippen LogP contribution in [0, 0.1) is 5.92 Å². The number of halogens is 2. The summed E-state index contributed by atoms with van der Waals surface area (Å²) in [5.74, 6) is 0.960. The Kier molecular flexibility index (Phi) is 4.92. The lowest BCUT2D eigenvalue weighted by Gasteiger charge is -2.29. The topological polar surface area (TPSA) is 12.0 Å². The third-order valence-electron chi connectivity index (χ3n) is 3.71. The molecular weight excluding hydrogens is 342 g/mol. The van der Waals surface area contributed by atoms with Crippen LogP contribution >= 0.6 is 31.9 Å². The van der Waals surface area contributed by atoms with Gasteiger partial charge in [-0.1, -0.05) is 29.3 Å². The van der Waals surface area contributed by atoms with E-state index in [2.05, 4.69) is 62.3 Å². The third kappa shape index (κ3) is 3.72. The van der Waals surface area contributed by atoms with Crippen molar-refractivity contribution in [1.82, 2.24) is 0 Å². The Morgan fingerprint density at radius 3 is 2.47 bits per heavy atom. The van der Waals surface area contributed by atoms with Gasteiger partial charge in [0.2, 0.25) is 0 Å². The van der Waals surface area contributed by atoms with Gasteiger partial charge >= 0.3 is 0 Å². The number of rotatable bonds is 3. The summed E-state index contributed by atoms with van der Waals surface area (Å²) < 4.78 is 2.26. The summed E-state index contributed by atoms with van der Waals surface area (Å²) in [6, 6.07) is 6.97. The Balaban J connectivity index is 1.93. The second-order valence-corrected chi connectivity index (χ2v) is 6.66. The monoisotopic (exact) mass is 359 g/mol. The molecule has 17 heavy (non-hydrogen) atoms. The largest absolute Gasteiger partial charge is 0.381 e. The zero-order valence-electron chi connectivity index (χ0n) is 10.2. The summed E-state index contributed by atoms with van der Waals surface area (Å²) in [6.07, 6.45) is 6.71.